The van der Waals surface area contributed by atoms with Gasteiger partial charge in [0.15, 0.2) is 0 Å². The van der Waals surface area contributed by atoms with Gasteiger partial charge in [0.05, 0.1) is 5.52 Å². The summed E-state index contributed by atoms with van der Waals surface area (Å²) in [6, 6.07) is 9.72. The van der Waals surface area contributed by atoms with Gasteiger partial charge in [-0.2, -0.15) is 0 Å². The number of nitrogens with zero attached hydrogens (tertiary/aromatic N) is 1. The predicted molar refractivity (Wildman–Crippen MR) is 54.0 cm³/mol. The molecule has 1 aromatic carbocycles. The number of pyridine rings is 1. The number of hydrogen-bond donors (Lipinski definition) is 2. The van der Waals surface area contributed by atoms with Gasteiger partial charge in [-0.25, -0.2) is 4.98 Å². The molecule has 0 saturated carbocycles. The lowest BCUT2D eigenvalue weighted by atomic mass is 10.1. The third-order valence-electron chi connectivity index (χ3n) is 2.01. The summed E-state index contributed by atoms with van der Waals surface area (Å²) >= 11 is 0. The maximum absolute atomic E-state index is 5.57. The third-order valence-corrected chi connectivity index (χ3v) is 2.01. The smallest absolute Gasteiger partial charge is 0.124 e. The lowest BCUT2D eigenvalue weighted by Gasteiger charge is -2.00. The van der Waals surface area contributed by atoms with Gasteiger partial charge >= 0.3 is 0 Å². The first kappa shape index (κ1) is 8.01. The molecule has 2 aromatic rings. The van der Waals surface area contributed by atoms with Crippen LogP contribution in [0.5, 0.6) is 0 Å². The van der Waals surface area contributed by atoms with Gasteiger partial charge in [-0.05, 0) is 23.8 Å². The third kappa shape index (κ3) is 1.46. The van der Waals surface area contributed by atoms with Crippen molar-refractivity contribution in [1.82, 2.24) is 4.98 Å². The quantitative estimate of drug-likeness (QED) is 0.682. The van der Waals surface area contributed by atoms with Crippen LogP contribution in [-0.4, -0.2) is 4.98 Å². The van der Waals surface area contributed by atoms with Gasteiger partial charge in [0, 0.05) is 11.9 Å². The van der Waals surface area contributed by atoms with Crippen molar-refractivity contribution in [2.75, 3.05) is 5.73 Å². The fourth-order valence-corrected chi connectivity index (χ4v) is 1.31. The van der Waals surface area contributed by atoms with E-state index in [1.54, 1.807) is 6.07 Å². The van der Waals surface area contributed by atoms with E-state index in [1.165, 1.54) is 0 Å². The van der Waals surface area contributed by atoms with Crippen LogP contribution in [0.4, 0.5) is 5.82 Å². The molecule has 0 unspecified atom stereocenters. The Morgan fingerprint density at radius 1 is 1.15 bits per heavy atom. The molecule has 0 saturated heterocycles. The van der Waals surface area contributed by atoms with E-state index >= 15 is 0 Å². The Labute approximate surface area is 76.4 Å². The molecule has 4 N–H and O–H groups in total. The average molecular weight is 173 g/mol. The molecule has 0 aliphatic carbocycles. The maximum atomic E-state index is 5.57. The van der Waals surface area contributed by atoms with Gasteiger partial charge < -0.3 is 11.5 Å². The molecular weight excluding hydrogens is 162 g/mol. The Balaban J connectivity index is 2.68. The summed E-state index contributed by atoms with van der Waals surface area (Å²) in [7, 11) is 0. The normalized spacial score (nSPS) is 10.5. The number of anilines is 1. The van der Waals surface area contributed by atoms with Crippen LogP contribution >= 0.6 is 0 Å². The Kier molecular flexibility index (Phi) is 1.87. The molecule has 0 aliphatic rings. The van der Waals surface area contributed by atoms with Crippen molar-refractivity contribution in [3.05, 3.63) is 35.9 Å². The van der Waals surface area contributed by atoms with Crippen molar-refractivity contribution < 1.29 is 0 Å². The monoisotopic (exact) mass is 173 g/mol. The van der Waals surface area contributed by atoms with E-state index < -0.39 is 0 Å². The minimum Gasteiger partial charge on any atom is -0.384 e. The van der Waals surface area contributed by atoms with Crippen LogP contribution in [0.2, 0.25) is 0 Å². The lowest BCUT2D eigenvalue weighted by Crippen LogP contribution is -1.96. The van der Waals surface area contributed by atoms with Gasteiger partial charge in [-0.1, -0.05) is 12.1 Å². The van der Waals surface area contributed by atoms with E-state index in [4.69, 9.17) is 11.5 Å². The molecular formula is C10H11N3. The number of benzene rings is 1. The van der Waals surface area contributed by atoms with Crippen LogP contribution < -0.4 is 11.5 Å². The molecule has 0 fully saturated rings. The molecule has 0 atom stereocenters. The molecule has 3 heteroatoms. The number of aromatic nitrogens is 1. The van der Waals surface area contributed by atoms with Gasteiger partial charge in [0.25, 0.3) is 0 Å². The molecule has 1 aromatic heterocycles. The molecule has 66 valence electrons. The summed E-state index contributed by atoms with van der Waals surface area (Å²) in [5.74, 6) is 0.543. The molecule has 2 rings (SSSR count). The Bertz CT molecular complexity index is 437. The van der Waals surface area contributed by atoms with Crippen molar-refractivity contribution in [2.24, 2.45) is 5.73 Å². The van der Waals surface area contributed by atoms with Crippen LogP contribution in [0, 0.1) is 0 Å². The zero-order valence-electron chi connectivity index (χ0n) is 7.20. The first-order valence-electron chi connectivity index (χ1n) is 4.15. The number of nitrogens with two attached hydrogens (primary N) is 2. The lowest BCUT2D eigenvalue weighted by molar-refractivity contribution is 1.07. The Morgan fingerprint density at radius 3 is 2.69 bits per heavy atom. The average Bonchev–Trinajstić information content (AvgIpc) is 2.16. The fourth-order valence-electron chi connectivity index (χ4n) is 1.31. The van der Waals surface area contributed by atoms with Crippen LogP contribution in [-0.2, 0) is 6.54 Å². The van der Waals surface area contributed by atoms with Crippen LogP contribution in [0.3, 0.4) is 0 Å². The second-order valence-corrected chi connectivity index (χ2v) is 2.97. The van der Waals surface area contributed by atoms with E-state index in [2.05, 4.69) is 4.98 Å². The van der Waals surface area contributed by atoms with Gasteiger partial charge in [0.2, 0.25) is 0 Å². The highest BCUT2D eigenvalue weighted by molar-refractivity contribution is 5.80. The Hall–Kier alpha value is -1.61. The molecule has 0 aliphatic heterocycles. The van der Waals surface area contributed by atoms with Crippen molar-refractivity contribution in [1.29, 1.82) is 0 Å². The summed E-state index contributed by atoms with van der Waals surface area (Å²) in [6.07, 6.45) is 0. The van der Waals surface area contributed by atoms with Crippen molar-refractivity contribution in [3.63, 3.8) is 0 Å². The number of fused-ring (bicyclic) bond motifs is 1. The van der Waals surface area contributed by atoms with Crippen LogP contribution in [0.25, 0.3) is 10.9 Å². The van der Waals surface area contributed by atoms with E-state index in [9.17, 15) is 0 Å². The fraction of sp³-hybridized carbons (Fsp3) is 0.100. The highest BCUT2D eigenvalue weighted by Crippen LogP contribution is 2.15. The van der Waals surface area contributed by atoms with Crippen molar-refractivity contribution in [2.45, 2.75) is 6.54 Å². The molecule has 0 amide bonds. The SMILES string of the molecule is NCc1ccc2ccc(N)nc2c1. The van der Waals surface area contributed by atoms with E-state index in [1.807, 2.05) is 24.3 Å². The summed E-state index contributed by atoms with van der Waals surface area (Å²) in [5, 5.41) is 1.09. The molecule has 3 nitrogen and oxygen atoms in total. The summed E-state index contributed by atoms with van der Waals surface area (Å²) in [6.45, 7) is 0.534. The van der Waals surface area contributed by atoms with Gasteiger partial charge in [0.1, 0.15) is 5.82 Å². The molecule has 0 radical (unpaired) electrons. The van der Waals surface area contributed by atoms with Crippen molar-refractivity contribution in [3.8, 4) is 0 Å². The standard InChI is InChI=1S/C10H11N3/c11-6-7-1-2-8-3-4-10(12)13-9(8)5-7/h1-5H,6,11H2,(H2,12,13). The highest BCUT2D eigenvalue weighted by atomic mass is 14.8. The highest BCUT2D eigenvalue weighted by Gasteiger charge is 1.96. The number of rotatable bonds is 1. The van der Waals surface area contributed by atoms with Gasteiger partial charge in [-0.3, -0.25) is 0 Å². The summed E-state index contributed by atoms with van der Waals surface area (Å²) in [5.41, 5.74) is 13.1. The second kappa shape index (κ2) is 3.03. The molecule has 0 spiro atoms. The van der Waals surface area contributed by atoms with E-state index in [0.717, 1.165) is 16.5 Å². The largest absolute Gasteiger partial charge is 0.384 e. The first-order chi connectivity index (χ1) is 6.29. The van der Waals surface area contributed by atoms with Crippen LogP contribution in [0.1, 0.15) is 5.56 Å². The van der Waals surface area contributed by atoms with E-state index in [0.29, 0.717) is 12.4 Å². The Morgan fingerprint density at radius 2 is 1.92 bits per heavy atom. The minimum atomic E-state index is 0.534. The minimum absolute atomic E-state index is 0.534. The number of hydrogen-bond acceptors (Lipinski definition) is 3. The molecule has 1 heterocycles. The summed E-state index contributed by atoms with van der Waals surface area (Å²) < 4.78 is 0. The predicted octanol–water partition coefficient (Wildman–Crippen LogP) is 1.28. The topological polar surface area (TPSA) is 64.9 Å². The zero-order valence-corrected chi connectivity index (χ0v) is 7.20. The van der Waals surface area contributed by atoms with Crippen LogP contribution in [0.15, 0.2) is 30.3 Å². The van der Waals surface area contributed by atoms with Crippen molar-refractivity contribution >= 4 is 16.7 Å². The maximum Gasteiger partial charge on any atom is 0.124 e. The second-order valence-electron chi connectivity index (χ2n) is 2.97. The van der Waals surface area contributed by atoms with E-state index in [-0.39, 0.29) is 0 Å². The molecule has 13 heavy (non-hydrogen) atoms. The first-order valence-corrected chi connectivity index (χ1v) is 4.15. The molecule has 0 bridgehead atoms. The zero-order chi connectivity index (χ0) is 9.26. The van der Waals surface area contributed by atoms with Gasteiger partial charge in [-0.15, -0.1) is 0 Å². The summed E-state index contributed by atoms with van der Waals surface area (Å²) in [4.78, 5) is 4.21. The number of nitrogen functional groups attached to an aromatic ring is 1.